The predicted octanol–water partition coefficient (Wildman–Crippen LogP) is 2.01. The molecule has 2 saturated heterocycles. The number of anilines is 1. The van der Waals surface area contributed by atoms with Crippen LogP contribution in [0.1, 0.15) is 19.3 Å². The third-order valence-electron chi connectivity index (χ3n) is 5.91. The molecule has 0 aromatic heterocycles. The summed E-state index contributed by atoms with van der Waals surface area (Å²) in [7, 11) is 1.87. The van der Waals surface area contributed by atoms with Gasteiger partial charge in [0, 0.05) is 58.0 Å². The van der Waals surface area contributed by atoms with Crippen molar-refractivity contribution in [3.05, 3.63) is 30.1 Å². The molecule has 1 saturated carbocycles. The minimum atomic E-state index is -0.177. The van der Waals surface area contributed by atoms with Crippen LogP contribution in [0.4, 0.5) is 10.1 Å². The van der Waals surface area contributed by atoms with Gasteiger partial charge in [-0.15, -0.1) is 0 Å². The van der Waals surface area contributed by atoms with E-state index >= 15 is 0 Å². The average molecular weight is 359 g/mol. The van der Waals surface area contributed by atoms with Gasteiger partial charge in [0.05, 0.1) is 0 Å². The number of hydrogen-bond donors (Lipinski definition) is 1. The second-order valence-corrected chi connectivity index (χ2v) is 7.76. The molecule has 0 radical (unpaired) electrons. The number of hydrogen-bond acceptors (Lipinski definition) is 3. The maximum absolute atomic E-state index is 13.1. The highest BCUT2D eigenvalue weighted by molar-refractivity contribution is 5.80. The molecule has 3 aliphatic rings. The van der Waals surface area contributed by atoms with Gasteiger partial charge in [-0.25, -0.2) is 4.39 Å². The van der Waals surface area contributed by atoms with Gasteiger partial charge in [-0.05, 0) is 56.0 Å². The lowest BCUT2D eigenvalue weighted by atomic mass is 10.1. The lowest BCUT2D eigenvalue weighted by Gasteiger charge is -2.38. The first-order valence-corrected chi connectivity index (χ1v) is 9.93. The largest absolute Gasteiger partial charge is 0.368 e. The Hall–Kier alpha value is -1.82. The normalized spacial score (nSPS) is 25.0. The zero-order valence-corrected chi connectivity index (χ0v) is 15.7. The molecule has 6 heteroatoms. The first-order chi connectivity index (χ1) is 12.7. The molecule has 142 valence electrons. The van der Waals surface area contributed by atoms with E-state index in [-0.39, 0.29) is 5.82 Å². The van der Waals surface area contributed by atoms with Gasteiger partial charge < -0.3 is 20.0 Å². The van der Waals surface area contributed by atoms with Crippen molar-refractivity contribution in [1.29, 1.82) is 0 Å². The van der Waals surface area contributed by atoms with Gasteiger partial charge >= 0.3 is 0 Å². The lowest BCUT2D eigenvalue weighted by Crippen LogP contribution is -2.53. The van der Waals surface area contributed by atoms with Crippen molar-refractivity contribution in [3.8, 4) is 0 Å². The van der Waals surface area contributed by atoms with Gasteiger partial charge in [0.2, 0.25) is 0 Å². The molecule has 26 heavy (non-hydrogen) atoms. The van der Waals surface area contributed by atoms with Crippen LogP contribution in [0.2, 0.25) is 0 Å². The number of rotatable bonds is 4. The maximum Gasteiger partial charge on any atom is 0.193 e. The Morgan fingerprint density at radius 1 is 1.08 bits per heavy atom. The number of guanidine groups is 1. The molecule has 5 nitrogen and oxygen atoms in total. The van der Waals surface area contributed by atoms with Crippen molar-refractivity contribution in [2.24, 2.45) is 10.9 Å². The minimum absolute atomic E-state index is 0.177. The summed E-state index contributed by atoms with van der Waals surface area (Å²) in [6, 6.07) is 7.69. The lowest BCUT2D eigenvalue weighted by molar-refractivity contribution is 0.312. The van der Waals surface area contributed by atoms with Crippen LogP contribution < -0.4 is 10.2 Å². The second-order valence-electron chi connectivity index (χ2n) is 7.76. The predicted molar refractivity (Wildman–Crippen MR) is 104 cm³/mol. The van der Waals surface area contributed by atoms with Gasteiger partial charge in [0.25, 0.3) is 0 Å². The molecule has 1 aromatic rings. The van der Waals surface area contributed by atoms with E-state index < -0.39 is 0 Å². The van der Waals surface area contributed by atoms with Crippen LogP contribution in [0.25, 0.3) is 0 Å². The van der Waals surface area contributed by atoms with E-state index in [9.17, 15) is 4.39 Å². The third-order valence-corrected chi connectivity index (χ3v) is 5.91. The Morgan fingerprint density at radius 2 is 1.81 bits per heavy atom. The number of halogens is 1. The summed E-state index contributed by atoms with van der Waals surface area (Å²) in [4.78, 5) is 11.8. The SMILES string of the molecule is CN=C(NCC1CCN(C2CC2)C1)N1CCN(c2ccc(F)cc2)CC1. The molecule has 1 atom stereocenters. The monoisotopic (exact) mass is 359 g/mol. The Morgan fingerprint density at radius 3 is 2.46 bits per heavy atom. The van der Waals surface area contributed by atoms with Gasteiger partial charge in [0.1, 0.15) is 5.82 Å². The van der Waals surface area contributed by atoms with Crippen molar-refractivity contribution < 1.29 is 4.39 Å². The van der Waals surface area contributed by atoms with Crippen LogP contribution in [0.3, 0.4) is 0 Å². The molecule has 4 rings (SSSR count). The Balaban J connectivity index is 1.24. The van der Waals surface area contributed by atoms with Crippen LogP contribution in [-0.4, -0.2) is 74.7 Å². The molecule has 1 unspecified atom stereocenters. The molecule has 0 amide bonds. The standard InChI is InChI=1S/C20H30FN5/c1-22-20(23-14-16-8-9-26(15-16)19-6-7-19)25-12-10-24(11-13-25)18-4-2-17(21)3-5-18/h2-5,16,19H,6-15H2,1H3,(H,22,23). The fourth-order valence-electron chi connectivity index (χ4n) is 4.20. The molecule has 2 heterocycles. The number of likely N-dealkylation sites (tertiary alicyclic amines) is 1. The summed E-state index contributed by atoms with van der Waals surface area (Å²) in [5.41, 5.74) is 1.10. The number of piperazine rings is 1. The van der Waals surface area contributed by atoms with Crippen molar-refractivity contribution in [2.45, 2.75) is 25.3 Å². The fraction of sp³-hybridized carbons (Fsp3) is 0.650. The Kier molecular flexibility index (Phi) is 5.29. The number of aliphatic imine (C=N–C) groups is 1. The highest BCUT2D eigenvalue weighted by Gasteiger charge is 2.34. The molecule has 1 aliphatic carbocycles. The van der Waals surface area contributed by atoms with Crippen molar-refractivity contribution in [3.63, 3.8) is 0 Å². The number of benzene rings is 1. The summed E-state index contributed by atoms with van der Waals surface area (Å²) >= 11 is 0. The van der Waals surface area contributed by atoms with E-state index in [0.717, 1.165) is 56.3 Å². The van der Waals surface area contributed by atoms with Crippen LogP contribution in [0.15, 0.2) is 29.3 Å². The topological polar surface area (TPSA) is 34.1 Å². The summed E-state index contributed by atoms with van der Waals surface area (Å²) in [6.07, 6.45) is 4.11. The average Bonchev–Trinajstić information content (AvgIpc) is 3.42. The van der Waals surface area contributed by atoms with E-state index in [0.29, 0.717) is 0 Å². The van der Waals surface area contributed by atoms with Gasteiger partial charge in [-0.2, -0.15) is 0 Å². The zero-order valence-electron chi connectivity index (χ0n) is 15.7. The number of nitrogens with one attached hydrogen (secondary N) is 1. The zero-order chi connectivity index (χ0) is 17.9. The van der Waals surface area contributed by atoms with Crippen molar-refractivity contribution in [2.75, 3.05) is 57.8 Å². The van der Waals surface area contributed by atoms with E-state index in [1.165, 1.54) is 44.5 Å². The highest BCUT2D eigenvalue weighted by atomic mass is 19.1. The van der Waals surface area contributed by atoms with Crippen molar-refractivity contribution in [1.82, 2.24) is 15.1 Å². The Bertz CT molecular complexity index is 620. The maximum atomic E-state index is 13.1. The number of nitrogens with zero attached hydrogens (tertiary/aromatic N) is 4. The van der Waals surface area contributed by atoms with Crippen LogP contribution >= 0.6 is 0 Å². The smallest absolute Gasteiger partial charge is 0.193 e. The second kappa shape index (κ2) is 7.82. The molecular formula is C20H30FN5. The van der Waals surface area contributed by atoms with E-state index in [2.05, 4.69) is 25.0 Å². The van der Waals surface area contributed by atoms with E-state index in [1.54, 1.807) is 0 Å². The van der Waals surface area contributed by atoms with E-state index in [4.69, 9.17) is 0 Å². The van der Waals surface area contributed by atoms with Crippen LogP contribution in [-0.2, 0) is 0 Å². The van der Waals surface area contributed by atoms with Crippen LogP contribution in [0, 0.1) is 11.7 Å². The van der Waals surface area contributed by atoms with Gasteiger partial charge in [-0.1, -0.05) is 0 Å². The van der Waals surface area contributed by atoms with Crippen molar-refractivity contribution >= 4 is 11.6 Å². The Labute approximate surface area is 155 Å². The molecule has 2 aliphatic heterocycles. The van der Waals surface area contributed by atoms with Gasteiger partial charge in [-0.3, -0.25) is 4.99 Å². The fourth-order valence-corrected chi connectivity index (χ4v) is 4.20. The first-order valence-electron chi connectivity index (χ1n) is 9.93. The summed E-state index contributed by atoms with van der Waals surface area (Å²) < 4.78 is 13.1. The van der Waals surface area contributed by atoms with Gasteiger partial charge in [0.15, 0.2) is 5.96 Å². The summed E-state index contributed by atoms with van der Waals surface area (Å²) in [5, 5.41) is 3.60. The third kappa shape index (κ3) is 4.11. The summed E-state index contributed by atoms with van der Waals surface area (Å²) in [5.74, 6) is 1.59. The molecular weight excluding hydrogens is 329 g/mol. The summed E-state index contributed by atoms with van der Waals surface area (Å²) in [6.45, 7) is 7.29. The molecule has 3 fully saturated rings. The highest BCUT2D eigenvalue weighted by Crippen LogP contribution is 2.31. The minimum Gasteiger partial charge on any atom is -0.368 e. The van der Waals surface area contributed by atoms with Crippen LogP contribution in [0.5, 0.6) is 0 Å². The van der Waals surface area contributed by atoms with E-state index in [1.807, 2.05) is 19.2 Å². The first kappa shape index (κ1) is 17.6. The molecule has 0 bridgehead atoms. The quantitative estimate of drug-likeness (QED) is 0.659. The molecule has 1 N–H and O–H groups in total. The molecule has 1 aromatic carbocycles. The molecule has 0 spiro atoms.